The number of imidazole rings is 1. The summed E-state index contributed by atoms with van der Waals surface area (Å²) in [5.41, 5.74) is 2.29. The van der Waals surface area contributed by atoms with E-state index in [1.165, 1.54) is 23.9 Å². The highest BCUT2D eigenvalue weighted by Crippen LogP contribution is 2.26. The first-order chi connectivity index (χ1) is 11.1. The van der Waals surface area contributed by atoms with Gasteiger partial charge >= 0.3 is 0 Å². The third-order valence-electron chi connectivity index (χ3n) is 3.11. The summed E-state index contributed by atoms with van der Waals surface area (Å²) in [6, 6.07) is 13.9. The maximum Gasteiger partial charge on any atom is 0.288 e. The van der Waals surface area contributed by atoms with Crippen LogP contribution in [0.3, 0.4) is 0 Å². The molecule has 1 N–H and O–H groups in total. The van der Waals surface area contributed by atoms with Crippen LogP contribution in [0.1, 0.15) is 10.4 Å². The molecule has 1 heterocycles. The second-order valence-electron chi connectivity index (χ2n) is 4.67. The molecule has 0 atom stereocenters. The number of H-pyrrole nitrogens is 1. The van der Waals surface area contributed by atoms with Crippen molar-refractivity contribution in [1.82, 2.24) is 9.97 Å². The van der Waals surface area contributed by atoms with Crippen LogP contribution in [0.4, 0.5) is 8.78 Å². The van der Waals surface area contributed by atoms with E-state index in [4.69, 9.17) is 0 Å². The summed E-state index contributed by atoms with van der Waals surface area (Å²) in [5, 5.41) is 0.685. The number of thioether (sulfide) groups is 2. The van der Waals surface area contributed by atoms with Gasteiger partial charge in [0.25, 0.3) is 5.76 Å². The quantitative estimate of drug-likeness (QED) is 0.479. The number of hydrogen-bond donors (Lipinski definition) is 1. The summed E-state index contributed by atoms with van der Waals surface area (Å²) in [7, 11) is 0. The highest BCUT2D eigenvalue weighted by Gasteiger charge is 2.10. The Hall–Kier alpha value is -1.38. The van der Waals surface area contributed by atoms with Crippen LogP contribution in [0.5, 0.6) is 0 Å². The Morgan fingerprint density at radius 3 is 2.50 bits per heavy atom. The third kappa shape index (κ3) is 4.81. The minimum atomic E-state index is -2.46. The van der Waals surface area contributed by atoms with Gasteiger partial charge in [0.2, 0.25) is 0 Å². The number of carbonyl (C=O) groups excluding carboxylic acids is 1. The van der Waals surface area contributed by atoms with Crippen molar-refractivity contribution in [2.24, 2.45) is 0 Å². The van der Waals surface area contributed by atoms with E-state index in [0.717, 1.165) is 11.0 Å². The minimum absolute atomic E-state index is 0. The molecule has 3 nitrogen and oxygen atoms in total. The number of fused-ring (bicyclic) bond motifs is 1. The molecule has 0 saturated heterocycles. The van der Waals surface area contributed by atoms with Crippen molar-refractivity contribution in [3.63, 3.8) is 0 Å². The maximum atomic E-state index is 12.3. The van der Waals surface area contributed by atoms with Crippen LogP contribution in [0.2, 0.25) is 0 Å². The first-order valence-corrected chi connectivity index (χ1v) is 8.64. The molecule has 3 rings (SSSR count). The van der Waals surface area contributed by atoms with E-state index in [2.05, 4.69) is 9.97 Å². The third-order valence-corrected chi connectivity index (χ3v) is 4.70. The number of nitrogens with zero attached hydrogens (tertiary/aromatic N) is 1. The molecule has 0 fully saturated rings. The molecule has 8 heteroatoms. The average molecular weight is 430 g/mol. The molecule has 0 saturated carbocycles. The van der Waals surface area contributed by atoms with Crippen LogP contribution in [-0.4, -0.2) is 27.3 Å². The van der Waals surface area contributed by atoms with Crippen LogP contribution in [0, 0.1) is 0 Å². The molecular weight excluding hydrogens is 418 g/mol. The van der Waals surface area contributed by atoms with Gasteiger partial charge in [-0.05, 0) is 24.3 Å². The molecule has 126 valence electrons. The number of Topliss-reactive ketones (excluding diaryl/α,β-unsaturated/α-hetero) is 1. The van der Waals surface area contributed by atoms with Crippen LogP contribution >= 0.6 is 23.5 Å². The fraction of sp³-hybridized carbons (Fsp3) is 0.125. The van der Waals surface area contributed by atoms with Gasteiger partial charge < -0.3 is 22.0 Å². The number of ketones is 1. The number of aromatic amines is 1. The van der Waals surface area contributed by atoms with Gasteiger partial charge in [0.15, 0.2) is 10.9 Å². The summed E-state index contributed by atoms with van der Waals surface area (Å²) < 4.78 is 24.5. The molecule has 0 aliphatic carbocycles. The van der Waals surface area contributed by atoms with E-state index in [1.54, 1.807) is 12.1 Å². The lowest BCUT2D eigenvalue weighted by Crippen LogP contribution is -3.00. The van der Waals surface area contributed by atoms with Crippen LogP contribution < -0.4 is 17.0 Å². The number of nitrogens with one attached hydrogen (secondary N) is 1. The first-order valence-electron chi connectivity index (χ1n) is 6.77. The number of hydrogen-bond acceptors (Lipinski definition) is 4. The number of aromatic nitrogens is 2. The number of carbonyl (C=O) groups is 1. The lowest BCUT2D eigenvalue weighted by atomic mass is 10.1. The molecule has 2 aromatic carbocycles. The predicted molar refractivity (Wildman–Crippen MR) is 89.5 cm³/mol. The van der Waals surface area contributed by atoms with Crippen molar-refractivity contribution >= 4 is 40.3 Å². The van der Waals surface area contributed by atoms with Crippen molar-refractivity contribution in [1.29, 1.82) is 0 Å². The molecular formula is C16H12BrF2N2OS2-. The summed E-state index contributed by atoms with van der Waals surface area (Å²) in [4.78, 5) is 20.1. The molecule has 1 aromatic heterocycles. The topological polar surface area (TPSA) is 45.8 Å². The Morgan fingerprint density at radius 1 is 1.12 bits per heavy atom. The van der Waals surface area contributed by atoms with E-state index in [1.807, 2.05) is 24.3 Å². The molecule has 0 bridgehead atoms. The SMILES string of the molecule is O=C(CSc1nc2ccccc2[nH]1)c1ccc(SC(F)F)cc1.[Br-]. The normalized spacial score (nSPS) is 10.8. The molecule has 24 heavy (non-hydrogen) atoms. The summed E-state index contributed by atoms with van der Waals surface area (Å²) in [6.07, 6.45) is 0. The van der Waals surface area contributed by atoms with E-state index in [-0.39, 0.29) is 28.5 Å². The van der Waals surface area contributed by atoms with Crippen molar-refractivity contribution < 1.29 is 30.6 Å². The van der Waals surface area contributed by atoms with Crippen LogP contribution in [0.15, 0.2) is 58.6 Å². The summed E-state index contributed by atoms with van der Waals surface area (Å²) >= 11 is 1.79. The second kappa shape index (κ2) is 8.64. The second-order valence-corrected chi connectivity index (χ2v) is 6.70. The van der Waals surface area contributed by atoms with Crippen molar-refractivity contribution in [2.75, 3.05) is 5.75 Å². The Balaban J connectivity index is 0.00000208. The molecule has 0 unspecified atom stereocenters. The fourth-order valence-electron chi connectivity index (χ4n) is 2.04. The van der Waals surface area contributed by atoms with Crippen molar-refractivity contribution in [3.05, 3.63) is 54.1 Å². The van der Waals surface area contributed by atoms with Gasteiger partial charge in [-0.2, -0.15) is 8.78 Å². The summed E-state index contributed by atoms with van der Waals surface area (Å²) in [6.45, 7) is 0. The number of para-hydroxylation sites is 2. The van der Waals surface area contributed by atoms with E-state index >= 15 is 0 Å². The lowest BCUT2D eigenvalue weighted by Gasteiger charge is -2.02. The zero-order valence-corrected chi connectivity index (χ0v) is 15.4. The van der Waals surface area contributed by atoms with Crippen molar-refractivity contribution in [3.8, 4) is 0 Å². The molecule has 0 spiro atoms. The molecule has 3 aromatic rings. The minimum Gasteiger partial charge on any atom is -1.00 e. The Labute approximate surface area is 156 Å². The van der Waals surface area contributed by atoms with E-state index in [9.17, 15) is 13.6 Å². The van der Waals surface area contributed by atoms with Gasteiger partial charge in [-0.25, -0.2) is 4.98 Å². The lowest BCUT2D eigenvalue weighted by molar-refractivity contribution is -0.0000145. The summed E-state index contributed by atoms with van der Waals surface area (Å²) in [5.74, 6) is -2.29. The molecule has 0 radical (unpaired) electrons. The highest BCUT2D eigenvalue weighted by molar-refractivity contribution is 8.00. The van der Waals surface area contributed by atoms with Crippen LogP contribution in [0.25, 0.3) is 11.0 Å². The Bertz CT molecular complexity index is 791. The predicted octanol–water partition coefficient (Wildman–Crippen LogP) is 1.86. The zero-order valence-electron chi connectivity index (χ0n) is 12.2. The number of alkyl halides is 2. The smallest absolute Gasteiger partial charge is 0.288 e. The molecule has 0 aliphatic rings. The largest absolute Gasteiger partial charge is 1.00 e. The number of rotatable bonds is 6. The zero-order chi connectivity index (χ0) is 16.2. The average Bonchev–Trinajstić information content (AvgIpc) is 2.95. The highest BCUT2D eigenvalue weighted by atomic mass is 79.9. The van der Waals surface area contributed by atoms with Crippen LogP contribution in [-0.2, 0) is 0 Å². The van der Waals surface area contributed by atoms with Crippen molar-refractivity contribution in [2.45, 2.75) is 15.8 Å². The molecule has 0 aliphatic heterocycles. The first kappa shape index (κ1) is 19.0. The fourth-order valence-corrected chi connectivity index (χ4v) is 3.32. The van der Waals surface area contributed by atoms with Gasteiger partial charge in [0, 0.05) is 10.5 Å². The van der Waals surface area contributed by atoms with Gasteiger partial charge in [0.1, 0.15) is 0 Å². The van der Waals surface area contributed by atoms with Gasteiger partial charge in [-0.1, -0.05) is 47.8 Å². The molecule has 0 amide bonds. The van der Waals surface area contributed by atoms with Gasteiger partial charge in [-0.15, -0.1) is 0 Å². The standard InChI is InChI=1S/C16H12F2N2OS2.BrH/c17-15(18)23-11-7-5-10(6-8-11)14(21)9-22-16-19-12-3-1-2-4-13(12)20-16;/h1-8,15H,9H2,(H,19,20);1H/p-1. The van der Waals surface area contributed by atoms with Gasteiger partial charge in [0.05, 0.1) is 16.8 Å². The monoisotopic (exact) mass is 429 g/mol. The maximum absolute atomic E-state index is 12.3. The van der Waals surface area contributed by atoms with E-state index in [0.29, 0.717) is 27.4 Å². The number of benzene rings is 2. The number of halogens is 3. The Morgan fingerprint density at radius 2 is 1.83 bits per heavy atom. The van der Waals surface area contributed by atoms with E-state index < -0.39 is 5.76 Å². The van der Waals surface area contributed by atoms with Gasteiger partial charge in [-0.3, -0.25) is 4.79 Å². The Kier molecular flexibility index (Phi) is 6.82.